The maximum Gasteiger partial charge on any atom is 0.418 e. The van der Waals surface area contributed by atoms with E-state index < -0.39 is 23.9 Å². The number of alkyl halides is 3. The van der Waals surface area contributed by atoms with E-state index >= 15 is 0 Å². The lowest BCUT2D eigenvalue weighted by atomic mass is 10.1. The maximum atomic E-state index is 12.8. The minimum Gasteiger partial charge on any atom is -0.389 e. The zero-order valence-corrected chi connectivity index (χ0v) is 12.4. The normalized spacial score (nSPS) is 16.0. The van der Waals surface area contributed by atoms with Crippen LogP contribution in [-0.4, -0.2) is 37.0 Å². The van der Waals surface area contributed by atoms with Gasteiger partial charge >= 0.3 is 12.2 Å². The number of anilines is 1. The van der Waals surface area contributed by atoms with Crippen molar-refractivity contribution in [3.8, 4) is 0 Å². The van der Waals surface area contributed by atoms with Gasteiger partial charge in [-0.1, -0.05) is 12.1 Å². The number of rotatable bonds is 7. The van der Waals surface area contributed by atoms with Gasteiger partial charge in [-0.2, -0.15) is 13.2 Å². The molecule has 23 heavy (non-hydrogen) atoms. The summed E-state index contributed by atoms with van der Waals surface area (Å²) in [5.74, 6) is 0.567. The van der Waals surface area contributed by atoms with Gasteiger partial charge in [0.25, 0.3) is 0 Å². The Bertz CT molecular complexity index is 533. The average molecular weight is 332 g/mol. The van der Waals surface area contributed by atoms with Crippen molar-refractivity contribution < 1.29 is 27.8 Å². The summed E-state index contributed by atoms with van der Waals surface area (Å²) < 4.78 is 43.6. The van der Waals surface area contributed by atoms with Crippen molar-refractivity contribution in [2.75, 3.05) is 25.1 Å². The highest BCUT2D eigenvalue weighted by Crippen LogP contribution is 2.34. The molecular weight excluding hydrogens is 313 g/mol. The van der Waals surface area contributed by atoms with E-state index in [0.29, 0.717) is 12.5 Å². The third kappa shape index (κ3) is 6.07. The van der Waals surface area contributed by atoms with E-state index in [0.717, 1.165) is 25.0 Å². The molecule has 1 aliphatic carbocycles. The van der Waals surface area contributed by atoms with E-state index in [9.17, 15) is 23.1 Å². The summed E-state index contributed by atoms with van der Waals surface area (Å²) in [6.45, 7) is 0.558. The van der Waals surface area contributed by atoms with Crippen LogP contribution in [0.15, 0.2) is 24.3 Å². The zero-order valence-electron chi connectivity index (χ0n) is 12.4. The molecule has 0 aliphatic heterocycles. The Hall–Kier alpha value is -1.80. The Morgan fingerprint density at radius 1 is 1.35 bits per heavy atom. The van der Waals surface area contributed by atoms with Crippen LogP contribution >= 0.6 is 0 Å². The summed E-state index contributed by atoms with van der Waals surface area (Å²) in [7, 11) is 0. The van der Waals surface area contributed by atoms with Crippen LogP contribution in [0.25, 0.3) is 0 Å². The molecule has 5 nitrogen and oxygen atoms in total. The molecule has 0 heterocycles. The fraction of sp³-hybridized carbons (Fsp3) is 0.533. The molecule has 1 saturated carbocycles. The van der Waals surface area contributed by atoms with Crippen molar-refractivity contribution in [3.63, 3.8) is 0 Å². The van der Waals surface area contributed by atoms with Crippen LogP contribution in [0.5, 0.6) is 0 Å². The smallest absolute Gasteiger partial charge is 0.389 e. The van der Waals surface area contributed by atoms with Gasteiger partial charge in [-0.15, -0.1) is 0 Å². The van der Waals surface area contributed by atoms with E-state index in [1.165, 1.54) is 12.1 Å². The van der Waals surface area contributed by atoms with E-state index in [2.05, 4.69) is 10.6 Å². The Balaban J connectivity index is 1.76. The van der Waals surface area contributed by atoms with Crippen molar-refractivity contribution in [3.05, 3.63) is 29.8 Å². The number of amides is 2. The fourth-order valence-electron chi connectivity index (χ4n) is 1.93. The van der Waals surface area contributed by atoms with Crippen molar-refractivity contribution in [1.29, 1.82) is 0 Å². The van der Waals surface area contributed by atoms with E-state index in [-0.39, 0.29) is 18.8 Å². The highest BCUT2D eigenvalue weighted by atomic mass is 19.4. The Morgan fingerprint density at radius 2 is 2.04 bits per heavy atom. The average Bonchev–Trinajstić information content (AvgIpc) is 3.29. The molecule has 8 heteroatoms. The third-order valence-electron chi connectivity index (χ3n) is 3.34. The number of para-hydroxylation sites is 1. The summed E-state index contributed by atoms with van der Waals surface area (Å²) in [6.07, 6.45) is -3.19. The molecule has 0 aromatic heterocycles. The molecule has 0 radical (unpaired) electrons. The number of hydrogen-bond acceptors (Lipinski definition) is 3. The lowest BCUT2D eigenvalue weighted by Gasteiger charge is -2.15. The van der Waals surface area contributed by atoms with Gasteiger partial charge in [0.15, 0.2) is 0 Å². The highest BCUT2D eigenvalue weighted by Gasteiger charge is 2.33. The molecule has 1 aromatic carbocycles. The number of urea groups is 1. The first-order valence-electron chi connectivity index (χ1n) is 7.33. The van der Waals surface area contributed by atoms with Crippen molar-refractivity contribution in [1.82, 2.24) is 5.32 Å². The molecule has 0 saturated heterocycles. The fourth-order valence-corrected chi connectivity index (χ4v) is 1.93. The summed E-state index contributed by atoms with van der Waals surface area (Å²) in [5.41, 5.74) is -1.26. The van der Waals surface area contributed by atoms with Crippen LogP contribution < -0.4 is 10.6 Å². The predicted octanol–water partition coefficient (Wildman–Crippen LogP) is 2.61. The first kappa shape index (κ1) is 17.6. The second kappa shape index (κ2) is 7.65. The van der Waals surface area contributed by atoms with E-state index in [4.69, 9.17) is 4.74 Å². The molecule has 0 unspecified atom stereocenters. The second-order valence-corrected chi connectivity index (χ2v) is 5.51. The molecule has 2 rings (SSSR count). The summed E-state index contributed by atoms with van der Waals surface area (Å²) in [5, 5.41) is 14.1. The maximum absolute atomic E-state index is 12.8. The molecular formula is C15H19F3N2O3. The van der Waals surface area contributed by atoms with Gasteiger partial charge in [0.2, 0.25) is 0 Å². The number of ether oxygens (including phenoxy) is 1. The van der Waals surface area contributed by atoms with Crippen LogP contribution in [0.1, 0.15) is 18.4 Å². The zero-order chi connectivity index (χ0) is 16.9. The topological polar surface area (TPSA) is 70.6 Å². The van der Waals surface area contributed by atoms with Crippen LogP contribution in [-0.2, 0) is 10.9 Å². The monoisotopic (exact) mass is 332 g/mol. The molecule has 128 valence electrons. The lowest BCUT2D eigenvalue weighted by Crippen LogP contribution is -2.37. The van der Waals surface area contributed by atoms with Gasteiger partial charge in [0, 0.05) is 13.2 Å². The van der Waals surface area contributed by atoms with Crippen LogP contribution in [0, 0.1) is 5.92 Å². The van der Waals surface area contributed by atoms with Crippen LogP contribution in [0.3, 0.4) is 0 Å². The van der Waals surface area contributed by atoms with Gasteiger partial charge in [-0.05, 0) is 30.9 Å². The number of carbonyl (C=O) groups is 1. The number of hydrogen-bond donors (Lipinski definition) is 3. The molecule has 0 spiro atoms. The van der Waals surface area contributed by atoms with E-state index in [1.54, 1.807) is 0 Å². The minimum atomic E-state index is -4.56. The number of nitrogens with one attached hydrogen (secondary N) is 2. The molecule has 1 fully saturated rings. The summed E-state index contributed by atoms with van der Waals surface area (Å²) in [4.78, 5) is 11.6. The van der Waals surface area contributed by atoms with Crippen LogP contribution in [0.2, 0.25) is 0 Å². The van der Waals surface area contributed by atoms with E-state index in [1.807, 2.05) is 0 Å². The largest absolute Gasteiger partial charge is 0.418 e. The molecule has 1 aromatic rings. The van der Waals surface area contributed by atoms with Gasteiger partial charge in [-0.3, -0.25) is 0 Å². The standard InChI is InChI=1S/C15H19F3N2O3/c16-15(17,18)12-3-1-2-4-13(12)20-14(22)19-7-11(21)9-23-8-10-5-6-10/h1-4,10-11,21H,5-9H2,(H2,19,20,22)/t11-/m1/s1. The van der Waals surface area contributed by atoms with Gasteiger partial charge < -0.3 is 20.5 Å². The highest BCUT2D eigenvalue weighted by molar-refractivity contribution is 5.90. The third-order valence-corrected chi connectivity index (χ3v) is 3.34. The first-order chi connectivity index (χ1) is 10.9. The molecule has 1 aliphatic rings. The van der Waals surface area contributed by atoms with Gasteiger partial charge in [0.1, 0.15) is 0 Å². The minimum absolute atomic E-state index is 0.0793. The number of carbonyl (C=O) groups excluding carboxylic acids is 1. The predicted molar refractivity (Wildman–Crippen MR) is 78.0 cm³/mol. The van der Waals surface area contributed by atoms with Crippen molar-refractivity contribution in [2.45, 2.75) is 25.1 Å². The Kier molecular flexibility index (Phi) is 5.84. The quantitative estimate of drug-likeness (QED) is 0.719. The molecule has 0 bridgehead atoms. The first-order valence-corrected chi connectivity index (χ1v) is 7.33. The Morgan fingerprint density at radius 3 is 2.70 bits per heavy atom. The van der Waals surface area contributed by atoms with Gasteiger partial charge in [0.05, 0.1) is 24.0 Å². The van der Waals surface area contributed by atoms with Gasteiger partial charge in [-0.25, -0.2) is 4.79 Å². The lowest BCUT2D eigenvalue weighted by molar-refractivity contribution is -0.136. The number of halogens is 3. The van der Waals surface area contributed by atoms with Crippen molar-refractivity contribution in [2.24, 2.45) is 5.92 Å². The SMILES string of the molecule is O=C(NC[C@@H](O)COCC1CC1)Nc1ccccc1C(F)(F)F. The second-order valence-electron chi connectivity index (χ2n) is 5.51. The molecule has 3 N–H and O–H groups in total. The number of aliphatic hydroxyl groups excluding tert-OH is 1. The molecule has 2 amide bonds. The number of benzene rings is 1. The summed E-state index contributed by atoms with van der Waals surface area (Å²) >= 11 is 0. The summed E-state index contributed by atoms with van der Waals surface area (Å²) in [6, 6.07) is 3.87. The number of aliphatic hydroxyl groups is 1. The molecule has 1 atom stereocenters. The Labute approximate surface area is 131 Å². The van der Waals surface area contributed by atoms with Crippen LogP contribution in [0.4, 0.5) is 23.7 Å². The van der Waals surface area contributed by atoms with Crippen molar-refractivity contribution >= 4 is 11.7 Å².